The van der Waals surface area contributed by atoms with Crippen LogP contribution in [-0.2, 0) is 11.2 Å². The van der Waals surface area contributed by atoms with Crippen molar-refractivity contribution in [1.82, 2.24) is 9.80 Å². The molecular formula is C15H22N2OS. The molecule has 0 saturated carbocycles. The molecule has 2 rings (SSSR count). The molecule has 1 aliphatic heterocycles. The molecule has 0 bridgehead atoms. The summed E-state index contributed by atoms with van der Waals surface area (Å²) in [6.45, 7) is 4.55. The van der Waals surface area contributed by atoms with Gasteiger partial charge in [-0.15, -0.1) is 11.8 Å². The molecule has 0 aliphatic carbocycles. The van der Waals surface area contributed by atoms with Crippen LogP contribution in [0.25, 0.3) is 0 Å². The number of thioether (sulfide) groups is 1. The van der Waals surface area contributed by atoms with Gasteiger partial charge in [0, 0.05) is 30.8 Å². The summed E-state index contributed by atoms with van der Waals surface area (Å²) in [6, 6.07) is 8.61. The second-order valence-electron chi connectivity index (χ2n) is 5.17. The molecule has 4 heteroatoms. The van der Waals surface area contributed by atoms with Crippen molar-refractivity contribution in [3.63, 3.8) is 0 Å². The molecule has 0 aromatic heterocycles. The first kappa shape index (κ1) is 14.4. The van der Waals surface area contributed by atoms with E-state index in [0.717, 1.165) is 19.5 Å². The van der Waals surface area contributed by atoms with Crippen LogP contribution in [0.5, 0.6) is 0 Å². The van der Waals surface area contributed by atoms with Crippen molar-refractivity contribution in [3.8, 4) is 0 Å². The molecule has 19 heavy (non-hydrogen) atoms. The summed E-state index contributed by atoms with van der Waals surface area (Å²) in [4.78, 5) is 17.1. The molecule has 0 spiro atoms. The lowest BCUT2D eigenvalue weighted by molar-refractivity contribution is -0.129. The monoisotopic (exact) mass is 278 g/mol. The summed E-state index contributed by atoms with van der Waals surface area (Å²) < 4.78 is 0. The van der Waals surface area contributed by atoms with E-state index in [9.17, 15) is 4.79 Å². The van der Waals surface area contributed by atoms with E-state index < -0.39 is 0 Å². The standard InChI is InChI=1S/C15H22N2OS/c1-4-17(11-15(18)16(2)3)10-13-9-12-7-5-6-8-14(12)19-13/h5-8,13H,4,9-11H2,1-3H3. The van der Waals surface area contributed by atoms with Gasteiger partial charge in [0.25, 0.3) is 0 Å². The molecule has 0 radical (unpaired) electrons. The number of rotatable bonds is 5. The fourth-order valence-electron chi connectivity index (χ4n) is 2.28. The molecule has 1 aromatic rings. The van der Waals surface area contributed by atoms with Crippen molar-refractivity contribution >= 4 is 17.7 Å². The number of amides is 1. The van der Waals surface area contributed by atoms with E-state index in [1.807, 2.05) is 25.9 Å². The van der Waals surface area contributed by atoms with E-state index in [0.29, 0.717) is 11.8 Å². The van der Waals surface area contributed by atoms with Crippen LogP contribution in [0.1, 0.15) is 12.5 Å². The fraction of sp³-hybridized carbons (Fsp3) is 0.533. The normalized spacial score (nSPS) is 17.6. The summed E-state index contributed by atoms with van der Waals surface area (Å²) in [5.74, 6) is 0.183. The van der Waals surface area contributed by atoms with E-state index in [-0.39, 0.29) is 5.91 Å². The Bertz CT molecular complexity index is 423. The van der Waals surface area contributed by atoms with E-state index in [1.54, 1.807) is 4.90 Å². The van der Waals surface area contributed by atoms with Gasteiger partial charge in [-0.25, -0.2) is 0 Å². The Balaban J connectivity index is 1.89. The first-order chi connectivity index (χ1) is 9.10. The molecule has 1 heterocycles. The summed E-state index contributed by atoms with van der Waals surface area (Å²) in [5, 5.41) is 0.576. The second-order valence-corrected chi connectivity index (χ2v) is 6.51. The van der Waals surface area contributed by atoms with E-state index >= 15 is 0 Å². The van der Waals surface area contributed by atoms with Crippen molar-refractivity contribution < 1.29 is 4.79 Å². The minimum absolute atomic E-state index is 0.183. The Morgan fingerprint density at radius 1 is 1.37 bits per heavy atom. The van der Waals surface area contributed by atoms with E-state index in [4.69, 9.17) is 0 Å². The van der Waals surface area contributed by atoms with E-state index in [2.05, 4.69) is 36.1 Å². The van der Waals surface area contributed by atoms with Gasteiger partial charge in [-0.1, -0.05) is 25.1 Å². The van der Waals surface area contributed by atoms with Crippen molar-refractivity contribution in [3.05, 3.63) is 29.8 Å². The average Bonchev–Trinajstić information content (AvgIpc) is 2.79. The van der Waals surface area contributed by atoms with Crippen molar-refractivity contribution in [2.75, 3.05) is 33.7 Å². The van der Waals surface area contributed by atoms with Gasteiger partial charge >= 0.3 is 0 Å². The predicted octanol–water partition coefficient (Wildman–Crippen LogP) is 2.11. The largest absolute Gasteiger partial charge is 0.348 e. The highest BCUT2D eigenvalue weighted by Gasteiger charge is 2.24. The third-order valence-electron chi connectivity index (χ3n) is 3.48. The first-order valence-corrected chi connectivity index (χ1v) is 7.65. The lowest BCUT2D eigenvalue weighted by atomic mass is 10.1. The van der Waals surface area contributed by atoms with Crippen LogP contribution in [-0.4, -0.2) is 54.7 Å². The third-order valence-corrected chi connectivity index (χ3v) is 4.78. The van der Waals surface area contributed by atoms with Crippen LogP contribution in [0.3, 0.4) is 0 Å². The lowest BCUT2D eigenvalue weighted by Gasteiger charge is -2.24. The number of nitrogens with zero attached hydrogens (tertiary/aromatic N) is 2. The van der Waals surface area contributed by atoms with Gasteiger partial charge in [0.2, 0.25) is 5.91 Å². The molecule has 0 N–H and O–H groups in total. The minimum Gasteiger partial charge on any atom is -0.348 e. The fourth-order valence-corrected chi connectivity index (χ4v) is 3.65. The lowest BCUT2D eigenvalue weighted by Crippen LogP contribution is -2.39. The minimum atomic E-state index is 0.183. The molecule has 1 unspecified atom stereocenters. The van der Waals surface area contributed by atoms with Crippen molar-refractivity contribution in [2.45, 2.75) is 23.5 Å². The van der Waals surface area contributed by atoms with Gasteiger partial charge in [0.15, 0.2) is 0 Å². The maximum absolute atomic E-state index is 11.8. The van der Waals surface area contributed by atoms with Gasteiger partial charge in [-0.3, -0.25) is 9.69 Å². The highest BCUT2D eigenvalue weighted by atomic mass is 32.2. The third kappa shape index (κ3) is 3.74. The number of benzene rings is 1. The maximum atomic E-state index is 11.8. The Labute approximate surface area is 120 Å². The smallest absolute Gasteiger partial charge is 0.236 e. The zero-order chi connectivity index (χ0) is 13.8. The summed E-state index contributed by atoms with van der Waals surface area (Å²) in [7, 11) is 3.63. The Hall–Kier alpha value is -1.00. The van der Waals surface area contributed by atoms with Gasteiger partial charge in [0.05, 0.1) is 6.54 Å². The van der Waals surface area contributed by atoms with Gasteiger partial charge in [-0.2, -0.15) is 0 Å². The number of hydrogen-bond acceptors (Lipinski definition) is 3. The summed E-state index contributed by atoms with van der Waals surface area (Å²) in [6.07, 6.45) is 1.12. The van der Waals surface area contributed by atoms with Crippen LogP contribution < -0.4 is 0 Å². The molecule has 104 valence electrons. The molecule has 1 aliphatic rings. The molecule has 1 amide bonds. The highest BCUT2D eigenvalue weighted by molar-refractivity contribution is 8.00. The Morgan fingerprint density at radius 3 is 2.74 bits per heavy atom. The Kier molecular flexibility index (Phi) is 4.88. The zero-order valence-corrected chi connectivity index (χ0v) is 12.7. The topological polar surface area (TPSA) is 23.6 Å². The van der Waals surface area contributed by atoms with Gasteiger partial charge in [-0.05, 0) is 24.6 Å². The predicted molar refractivity (Wildman–Crippen MR) is 80.6 cm³/mol. The SMILES string of the molecule is CCN(CC(=O)N(C)C)CC1Cc2ccccc2S1. The van der Waals surface area contributed by atoms with Crippen LogP contribution in [0.4, 0.5) is 0 Å². The highest BCUT2D eigenvalue weighted by Crippen LogP contribution is 2.36. The number of carbonyl (C=O) groups is 1. The van der Waals surface area contributed by atoms with Crippen molar-refractivity contribution in [2.24, 2.45) is 0 Å². The average molecular weight is 278 g/mol. The number of hydrogen-bond donors (Lipinski definition) is 0. The molecule has 0 saturated heterocycles. The van der Waals surface area contributed by atoms with E-state index in [1.165, 1.54) is 10.5 Å². The molecule has 3 nitrogen and oxygen atoms in total. The number of carbonyl (C=O) groups excluding carboxylic acids is 1. The molecule has 1 aromatic carbocycles. The van der Waals surface area contributed by atoms with Crippen molar-refractivity contribution in [1.29, 1.82) is 0 Å². The van der Waals surface area contributed by atoms with Crippen LogP contribution in [0.2, 0.25) is 0 Å². The van der Waals surface area contributed by atoms with Crippen LogP contribution in [0.15, 0.2) is 29.2 Å². The molecular weight excluding hydrogens is 256 g/mol. The quantitative estimate of drug-likeness (QED) is 0.824. The number of likely N-dealkylation sites (N-methyl/N-ethyl adjacent to an activating group) is 2. The second kappa shape index (κ2) is 6.44. The first-order valence-electron chi connectivity index (χ1n) is 6.77. The summed E-state index contributed by atoms with van der Waals surface area (Å²) in [5.41, 5.74) is 1.45. The zero-order valence-electron chi connectivity index (χ0n) is 11.9. The summed E-state index contributed by atoms with van der Waals surface area (Å²) >= 11 is 1.95. The van der Waals surface area contributed by atoms with Gasteiger partial charge in [0.1, 0.15) is 0 Å². The number of fused-ring (bicyclic) bond motifs is 1. The van der Waals surface area contributed by atoms with Gasteiger partial charge < -0.3 is 4.90 Å². The Morgan fingerprint density at radius 2 is 2.11 bits per heavy atom. The maximum Gasteiger partial charge on any atom is 0.236 e. The molecule has 0 fully saturated rings. The van der Waals surface area contributed by atoms with Crippen LogP contribution >= 0.6 is 11.8 Å². The molecule has 1 atom stereocenters. The van der Waals surface area contributed by atoms with Crippen LogP contribution in [0, 0.1) is 0 Å².